The van der Waals surface area contributed by atoms with Crippen LogP contribution in [0.4, 0.5) is 0 Å². The van der Waals surface area contributed by atoms with Gasteiger partial charge < -0.3 is 11.5 Å². The van der Waals surface area contributed by atoms with E-state index in [1.807, 2.05) is 0 Å². The number of carbonyl (C=O) groups excluding carboxylic acids is 1. The Bertz CT molecular complexity index is 353. The molecule has 0 spiro atoms. The maximum Gasteiger partial charge on any atom is 0.238 e. The van der Waals surface area contributed by atoms with E-state index < -0.39 is 11.4 Å². The summed E-state index contributed by atoms with van der Waals surface area (Å²) >= 11 is 0. The third-order valence-corrected chi connectivity index (χ3v) is 2.82. The molecule has 1 heterocycles. The van der Waals surface area contributed by atoms with E-state index in [-0.39, 0.29) is 5.92 Å². The molecule has 1 fully saturated rings. The molecule has 0 bridgehead atoms. The number of hydrogen-bond donors (Lipinski definition) is 2. The minimum absolute atomic E-state index is 0.124. The van der Waals surface area contributed by atoms with Crippen LogP contribution in [0.1, 0.15) is 24.6 Å². The summed E-state index contributed by atoms with van der Waals surface area (Å²) in [5, 5.41) is 0. The van der Waals surface area contributed by atoms with E-state index in [2.05, 4.69) is 9.97 Å². The average Bonchev–Trinajstić information content (AvgIpc) is 2.16. The molecule has 1 aliphatic carbocycles. The average molecular weight is 192 g/mol. The first-order valence-electron chi connectivity index (χ1n) is 4.50. The Kier molecular flexibility index (Phi) is 1.96. The van der Waals surface area contributed by atoms with Gasteiger partial charge in [0.15, 0.2) is 0 Å². The number of nitrogens with zero attached hydrogens (tertiary/aromatic N) is 2. The molecule has 1 amide bonds. The second-order valence-electron chi connectivity index (χ2n) is 3.60. The summed E-state index contributed by atoms with van der Waals surface area (Å²) in [4.78, 5) is 19.3. The zero-order valence-corrected chi connectivity index (χ0v) is 7.68. The minimum atomic E-state index is -0.943. The predicted octanol–water partition coefficient (Wildman–Crippen LogP) is -0.463. The normalized spacial score (nSPS) is 30.8. The highest BCUT2D eigenvalue weighted by molar-refractivity contribution is 5.86. The lowest BCUT2D eigenvalue weighted by Crippen LogP contribution is -2.62. The third-order valence-electron chi connectivity index (χ3n) is 2.82. The predicted molar refractivity (Wildman–Crippen MR) is 50.1 cm³/mol. The molecule has 1 saturated carbocycles. The molecule has 1 aliphatic rings. The number of amides is 1. The zero-order chi connectivity index (χ0) is 10.2. The second kappa shape index (κ2) is 3.02. The highest BCUT2D eigenvalue weighted by Gasteiger charge is 2.50. The highest BCUT2D eigenvalue weighted by Crippen LogP contribution is 2.42. The van der Waals surface area contributed by atoms with Crippen molar-refractivity contribution < 1.29 is 4.79 Å². The molecule has 2 rings (SSSR count). The minimum Gasteiger partial charge on any atom is -0.368 e. The highest BCUT2D eigenvalue weighted by atomic mass is 16.1. The SMILES string of the molecule is NC(=O)C1(N)CCC1c1ncccn1. The first kappa shape index (κ1) is 9.08. The first-order chi connectivity index (χ1) is 6.64. The van der Waals surface area contributed by atoms with Gasteiger partial charge in [0.1, 0.15) is 11.4 Å². The molecule has 1 aromatic rings. The molecule has 0 saturated heterocycles. The fraction of sp³-hybridized carbons (Fsp3) is 0.444. The van der Waals surface area contributed by atoms with Crippen molar-refractivity contribution in [2.24, 2.45) is 11.5 Å². The lowest BCUT2D eigenvalue weighted by atomic mass is 9.66. The van der Waals surface area contributed by atoms with Crippen molar-refractivity contribution in [1.29, 1.82) is 0 Å². The van der Waals surface area contributed by atoms with Crippen LogP contribution < -0.4 is 11.5 Å². The van der Waals surface area contributed by atoms with E-state index >= 15 is 0 Å². The molecule has 0 aliphatic heterocycles. The monoisotopic (exact) mass is 192 g/mol. The Morgan fingerprint density at radius 2 is 2.14 bits per heavy atom. The summed E-state index contributed by atoms with van der Waals surface area (Å²) in [6.07, 6.45) is 4.72. The van der Waals surface area contributed by atoms with E-state index in [9.17, 15) is 4.79 Å². The molecule has 5 heteroatoms. The van der Waals surface area contributed by atoms with Crippen LogP contribution in [0, 0.1) is 0 Å². The van der Waals surface area contributed by atoms with Crippen molar-refractivity contribution in [3.05, 3.63) is 24.3 Å². The fourth-order valence-electron chi connectivity index (χ4n) is 1.74. The largest absolute Gasteiger partial charge is 0.368 e. The summed E-state index contributed by atoms with van der Waals surface area (Å²) in [5.74, 6) is 0.0162. The number of rotatable bonds is 2. The number of nitrogens with two attached hydrogens (primary N) is 2. The maximum absolute atomic E-state index is 11.1. The lowest BCUT2D eigenvalue weighted by molar-refractivity contribution is -0.127. The molecule has 14 heavy (non-hydrogen) atoms. The van der Waals surface area contributed by atoms with Gasteiger partial charge in [-0.15, -0.1) is 0 Å². The van der Waals surface area contributed by atoms with E-state index in [4.69, 9.17) is 11.5 Å². The molecule has 2 unspecified atom stereocenters. The van der Waals surface area contributed by atoms with Crippen molar-refractivity contribution in [3.63, 3.8) is 0 Å². The number of carbonyl (C=O) groups is 1. The Balaban J connectivity index is 2.26. The van der Waals surface area contributed by atoms with Crippen LogP contribution in [0.5, 0.6) is 0 Å². The Morgan fingerprint density at radius 3 is 2.57 bits per heavy atom. The van der Waals surface area contributed by atoms with E-state index in [0.717, 1.165) is 6.42 Å². The van der Waals surface area contributed by atoms with E-state index in [1.54, 1.807) is 18.5 Å². The molecular formula is C9H12N4O. The summed E-state index contributed by atoms with van der Waals surface area (Å²) in [5.41, 5.74) is 10.2. The van der Waals surface area contributed by atoms with E-state index in [1.165, 1.54) is 0 Å². The molecule has 5 nitrogen and oxygen atoms in total. The van der Waals surface area contributed by atoms with E-state index in [0.29, 0.717) is 12.2 Å². The second-order valence-corrected chi connectivity index (χ2v) is 3.60. The van der Waals surface area contributed by atoms with Gasteiger partial charge in [0, 0.05) is 18.3 Å². The van der Waals surface area contributed by atoms with Crippen LogP contribution in [0.15, 0.2) is 18.5 Å². The van der Waals surface area contributed by atoms with Crippen molar-refractivity contribution in [1.82, 2.24) is 9.97 Å². The van der Waals surface area contributed by atoms with Crippen molar-refractivity contribution in [3.8, 4) is 0 Å². The quantitative estimate of drug-likeness (QED) is 0.662. The summed E-state index contributed by atoms with van der Waals surface area (Å²) in [6, 6.07) is 1.73. The molecule has 0 radical (unpaired) electrons. The number of hydrogen-bond acceptors (Lipinski definition) is 4. The van der Waals surface area contributed by atoms with Gasteiger partial charge >= 0.3 is 0 Å². The number of aromatic nitrogens is 2. The summed E-state index contributed by atoms with van der Waals surface area (Å²) in [7, 11) is 0. The first-order valence-corrected chi connectivity index (χ1v) is 4.50. The van der Waals surface area contributed by atoms with Crippen LogP contribution in [-0.4, -0.2) is 21.4 Å². The topological polar surface area (TPSA) is 94.9 Å². The molecule has 4 N–H and O–H groups in total. The van der Waals surface area contributed by atoms with Crippen molar-refractivity contribution in [2.75, 3.05) is 0 Å². The van der Waals surface area contributed by atoms with Crippen LogP contribution in [0.3, 0.4) is 0 Å². The van der Waals surface area contributed by atoms with Crippen molar-refractivity contribution in [2.45, 2.75) is 24.3 Å². The van der Waals surface area contributed by atoms with Crippen LogP contribution >= 0.6 is 0 Å². The Hall–Kier alpha value is -1.49. The number of primary amides is 1. The van der Waals surface area contributed by atoms with Crippen LogP contribution in [0.25, 0.3) is 0 Å². The van der Waals surface area contributed by atoms with Gasteiger partial charge in [0.25, 0.3) is 0 Å². The van der Waals surface area contributed by atoms with Gasteiger partial charge in [-0.05, 0) is 18.9 Å². The van der Waals surface area contributed by atoms with Crippen molar-refractivity contribution >= 4 is 5.91 Å². The van der Waals surface area contributed by atoms with Crippen LogP contribution in [-0.2, 0) is 4.79 Å². The Labute approximate surface area is 81.5 Å². The molecule has 1 aromatic heterocycles. The lowest BCUT2D eigenvalue weighted by Gasteiger charge is -2.42. The Morgan fingerprint density at radius 1 is 1.50 bits per heavy atom. The van der Waals surface area contributed by atoms with Gasteiger partial charge in [-0.25, -0.2) is 9.97 Å². The molecular weight excluding hydrogens is 180 g/mol. The fourth-order valence-corrected chi connectivity index (χ4v) is 1.74. The standard InChI is InChI=1S/C9H12N4O/c10-8(14)9(11)3-2-6(9)7-12-4-1-5-13-7/h1,4-6H,2-3,11H2,(H2,10,14). The van der Waals surface area contributed by atoms with Crippen LogP contribution in [0.2, 0.25) is 0 Å². The van der Waals surface area contributed by atoms with Gasteiger partial charge in [-0.3, -0.25) is 4.79 Å². The van der Waals surface area contributed by atoms with Gasteiger partial charge in [0.05, 0.1) is 0 Å². The zero-order valence-electron chi connectivity index (χ0n) is 7.68. The third kappa shape index (κ3) is 1.17. The summed E-state index contributed by atoms with van der Waals surface area (Å²) < 4.78 is 0. The summed E-state index contributed by atoms with van der Waals surface area (Å²) in [6.45, 7) is 0. The van der Waals surface area contributed by atoms with Gasteiger partial charge in [-0.2, -0.15) is 0 Å². The van der Waals surface area contributed by atoms with Gasteiger partial charge in [0.2, 0.25) is 5.91 Å². The van der Waals surface area contributed by atoms with Gasteiger partial charge in [-0.1, -0.05) is 0 Å². The molecule has 0 aromatic carbocycles. The molecule has 2 atom stereocenters. The molecule has 74 valence electrons. The maximum atomic E-state index is 11.1. The smallest absolute Gasteiger partial charge is 0.238 e.